The predicted molar refractivity (Wildman–Crippen MR) is 99.9 cm³/mol. The largest absolute Gasteiger partial charge is 0.334 e. The van der Waals surface area contributed by atoms with Crippen molar-refractivity contribution in [1.82, 2.24) is 14.7 Å². The number of benzene rings is 2. The average Bonchev–Trinajstić information content (AvgIpc) is 3.16. The first-order valence-corrected chi connectivity index (χ1v) is 8.51. The molecule has 0 saturated carbocycles. The minimum atomic E-state index is -0.319. The number of aromatic nitrogens is 3. The maximum absolute atomic E-state index is 13.1. The van der Waals surface area contributed by atoms with Gasteiger partial charge in [-0.3, -0.25) is 4.79 Å². The van der Waals surface area contributed by atoms with Crippen LogP contribution in [0.25, 0.3) is 22.8 Å². The molecule has 0 aliphatic heterocycles. The van der Waals surface area contributed by atoms with Crippen molar-refractivity contribution in [3.63, 3.8) is 0 Å². The maximum Gasteiger partial charge on any atom is 0.259 e. The lowest BCUT2D eigenvalue weighted by molar-refractivity contribution is 0.432. The van der Waals surface area contributed by atoms with Crippen LogP contribution in [0.15, 0.2) is 76.2 Å². The van der Waals surface area contributed by atoms with E-state index in [0.717, 1.165) is 11.1 Å². The van der Waals surface area contributed by atoms with Gasteiger partial charge in [0.15, 0.2) is 0 Å². The molecule has 0 atom stereocenters. The molecule has 2 aromatic heterocycles. The first-order chi connectivity index (χ1) is 13.1. The summed E-state index contributed by atoms with van der Waals surface area (Å²) in [5.74, 6) is 0.409. The molecule has 0 bridgehead atoms. The van der Waals surface area contributed by atoms with Crippen LogP contribution in [0.2, 0.25) is 5.02 Å². The third-order valence-electron chi connectivity index (χ3n) is 4.03. The molecule has 7 heteroatoms. The molecule has 4 aromatic rings. The van der Waals surface area contributed by atoms with Gasteiger partial charge in [0.1, 0.15) is 5.82 Å². The Morgan fingerprint density at radius 3 is 2.41 bits per heavy atom. The number of hydrogen-bond donors (Lipinski definition) is 0. The normalized spacial score (nSPS) is 10.9. The summed E-state index contributed by atoms with van der Waals surface area (Å²) in [6.07, 6.45) is 1.64. The van der Waals surface area contributed by atoms with Crippen molar-refractivity contribution >= 4 is 11.6 Å². The van der Waals surface area contributed by atoms with E-state index in [0.29, 0.717) is 28.8 Å². The number of hydrogen-bond acceptors (Lipinski definition) is 4. The fraction of sp³-hybridized carbons (Fsp3) is 0.0500. The number of pyridine rings is 1. The standard InChI is InChI=1S/C20H13ClFN3O2/c21-16-6-3-14(4-7-16)19-23-20(27-24-19)15-5-10-18(26)25(12-15)11-13-1-8-17(22)9-2-13/h1-10,12H,11H2. The van der Waals surface area contributed by atoms with Gasteiger partial charge in [0, 0.05) is 22.8 Å². The molecule has 2 aromatic carbocycles. The van der Waals surface area contributed by atoms with Crippen molar-refractivity contribution in [3.05, 3.63) is 93.6 Å². The summed E-state index contributed by atoms with van der Waals surface area (Å²) in [7, 11) is 0. The Labute approximate surface area is 158 Å². The fourth-order valence-electron chi connectivity index (χ4n) is 2.62. The summed E-state index contributed by atoms with van der Waals surface area (Å²) in [5.41, 5.74) is 2.02. The first kappa shape index (κ1) is 17.2. The van der Waals surface area contributed by atoms with Crippen LogP contribution in [0.3, 0.4) is 0 Å². The highest BCUT2D eigenvalue weighted by molar-refractivity contribution is 6.30. The lowest BCUT2D eigenvalue weighted by atomic mass is 10.2. The Morgan fingerprint density at radius 2 is 1.67 bits per heavy atom. The highest BCUT2D eigenvalue weighted by atomic mass is 35.5. The first-order valence-electron chi connectivity index (χ1n) is 8.13. The molecule has 5 nitrogen and oxygen atoms in total. The Kier molecular flexibility index (Phi) is 4.56. The van der Waals surface area contributed by atoms with Crippen LogP contribution < -0.4 is 5.56 Å². The van der Waals surface area contributed by atoms with E-state index in [2.05, 4.69) is 10.1 Å². The second-order valence-electron chi connectivity index (χ2n) is 5.94. The zero-order valence-corrected chi connectivity index (χ0v) is 14.7. The van der Waals surface area contributed by atoms with Gasteiger partial charge in [-0.25, -0.2) is 4.39 Å². The molecular formula is C20H13ClFN3O2. The SMILES string of the molecule is O=c1ccc(-c2nc(-c3ccc(Cl)cc3)no2)cn1Cc1ccc(F)cc1. The minimum absolute atomic E-state index is 0.180. The van der Waals surface area contributed by atoms with Crippen molar-refractivity contribution in [3.8, 4) is 22.8 Å². The molecule has 0 unspecified atom stereocenters. The van der Waals surface area contributed by atoms with Crippen molar-refractivity contribution in [2.45, 2.75) is 6.54 Å². The summed E-state index contributed by atoms with van der Waals surface area (Å²) in [4.78, 5) is 16.5. The summed E-state index contributed by atoms with van der Waals surface area (Å²) in [6, 6.07) is 16.2. The summed E-state index contributed by atoms with van der Waals surface area (Å²) in [5, 5.41) is 4.60. The second kappa shape index (κ2) is 7.17. The van der Waals surface area contributed by atoms with Gasteiger partial charge in [-0.05, 0) is 48.0 Å². The van der Waals surface area contributed by atoms with Crippen LogP contribution >= 0.6 is 11.6 Å². The molecular weight excluding hydrogens is 369 g/mol. The van der Waals surface area contributed by atoms with Crippen LogP contribution in [0, 0.1) is 5.82 Å². The molecule has 0 N–H and O–H groups in total. The zero-order chi connectivity index (χ0) is 18.8. The number of rotatable bonds is 4. The predicted octanol–water partition coefficient (Wildman–Crippen LogP) is 4.41. The molecule has 27 heavy (non-hydrogen) atoms. The van der Waals surface area contributed by atoms with E-state index in [4.69, 9.17) is 16.1 Å². The highest BCUT2D eigenvalue weighted by Gasteiger charge is 2.12. The fourth-order valence-corrected chi connectivity index (χ4v) is 2.75. The Bertz CT molecular complexity index is 1140. The quantitative estimate of drug-likeness (QED) is 0.525. The molecule has 134 valence electrons. The van der Waals surface area contributed by atoms with Crippen LogP contribution in [0.4, 0.5) is 4.39 Å². The third-order valence-corrected chi connectivity index (χ3v) is 4.28. The van der Waals surface area contributed by atoms with Crippen molar-refractivity contribution in [1.29, 1.82) is 0 Å². The van der Waals surface area contributed by atoms with Crippen molar-refractivity contribution in [2.75, 3.05) is 0 Å². The maximum atomic E-state index is 13.1. The van der Waals surface area contributed by atoms with Crippen LogP contribution in [0.1, 0.15) is 5.56 Å². The lowest BCUT2D eigenvalue weighted by Gasteiger charge is -2.06. The average molecular weight is 382 g/mol. The van der Waals surface area contributed by atoms with E-state index in [-0.39, 0.29) is 11.4 Å². The molecule has 0 saturated heterocycles. The van der Waals surface area contributed by atoms with Gasteiger partial charge in [0.2, 0.25) is 5.82 Å². The molecule has 0 fully saturated rings. The molecule has 0 spiro atoms. The second-order valence-corrected chi connectivity index (χ2v) is 6.38. The van der Waals surface area contributed by atoms with Crippen LogP contribution in [-0.4, -0.2) is 14.7 Å². The Balaban J connectivity index is 1.64. The Hall–Kier alpha value is -3.25. The van der Waals surface area contributed by atoms with Crippen LogP contribution in [0.5, 0.6) is 0 Å². The Morgan fingerprint density at radius 1 is 0.963 bits per heavy atom. The van der Waals surface area contributed by atoms with Gasteiger partial charge in [0.05, 0.1) is 12.1 Å². The molecule has 0 aliphatic carbocycles. The molecule has 0 aliphatic rings. The minimum Gasteiger partial charge on any atom is -0.334 e. The molecule has 0 radical (unpaired) electrons. The van der Waals surface area contributed by atoms with Gasteiger partial charge in [0.25, 0.3) is 11.4 Å². The van der Waals surface area contributed by atoms with Gasteiger partial charge >= 0.3 is 0 Å². The van der Waals surface area contributed by atoms with E-state index < -0.39 is 0 Å². The van der Waals surface area contributed by atoms with Gasteiger partial charge < -0.3 is 9.09 Å². The van der Waals surface area contributed by atoms with Gasteiger partial charge in [-0.1, -0.05) is 28.9 Å². The van der Waals surface area contributed by atoms with Crippen LogP contribution in [-0.2, 0) is 6.54 Å². The number of halogens is 2. The van der Waals surface area contributed by atoms with E-state index in [1.165, 1.54) is 22.8 Å². The monoisotopic (exact) mass is 381 g/mol. The summed E-state index contributed by atoms with van der Waals surface area (Å²) in [6.45, 7) is 0.311. The van der Waals surface area contributed by atoms with Crippen molar-refractivity contribution < 1.29 is 8.91 Å². The van der Waals surface area contributed by atoms with E-state index >= 15 is 0 Å². The van der Waals surface area contributed by atoms with Gasteiger partial charge in [-0.2, -0.15) is 4.98 Å². The molecule has 0 amide bonds. The third kappa shape index (κ3) is 3.80. The number of nitrogens with zero attached hydrogens (tertiary/aromatic N) is 3. The topological polar surface area (TPSA) is 60.9 Å². The zero-order valence-electron chi connectivity index (χ0n) is 14.0. The van der Waals surface area contributed by atoms with Gasteiger partial charge in [-0.15, -0.1) is 0 Å². The van der Waals surface area contributed by atoms with Crippen molar-refractivity contribution in [2.24, 2.45) is 0 Å². The van der Waals surface area contributed by atoms with E-state index in [9.17, 15) is 9.18 Å². The summed E-state index contributed by atoms with van der Waals surface area (Å²) < 4.78 is 19.9. The van der Waals surface area contributed by atoms with E-state index in [1.807, 2.05) is 0 Å². The molecule has 4 rings (SSSR count). The lowest BCUT2D eigenvalue weighted by Crippen LogP contribution is -2.19. The smallest absolute Gasteiger partial charge is 0.259 e. The van der Waals surface area contributed by atoms with E-state index in [1.54, 1.807) is 48.7 Å². The highest BCUT2D eigenvalue weighted by Crippen LogP contribution is 2.23. The summed E-state index contributed by atoms with van der Waals surface area (Å²) >= 11 is 5.89. The molecule has 2 heterocycles.